The van der Waals surface area contributed by atoms with E-state index in [2.05, 4.69) is 178 Å². The number of hydrogen-bond donors (Lipinski definition) is 2. The Morgan fingerprint density at radius 2 is 0.812 bits per heavy atom. The largest absolute Gasteiger partial charge is 0.404 e. The molecule has 2 aliphatic heterocycles. The van der Waals surface area contributed by atoms with E-state index in [9.17, 15) is 0 Å². The van der Waals surface area contributed by atoms with E-state index in [1.165, 1.54) is 20.7 Å². The fourth-order valence-corrected chi connectivity index (χ4v) is 17.2. The van der Waals surface area contributed by atoms with Gasteiger partial charge in [0.05, 0.1) is 38.4 Å². The van der Waals surface area contributed by atoms with Crippen LogP contribution < -0.4 is 31.4 Å². The summed E-state index contributed by atoms with van der Waals surface area (Å²) in [5, 5.41) is 13.0. The van der Waals surface area contributed by atoms with Crippen molar-refractivity contribution in [3.63, 3.8) is 0 Å². The van der Waals surface area contributed by atoms with Crippen LogP contribution in [0.1, 0.15) is 54.4 Å². The van der Waals surface area contributed by atoms with Gasteiger partial charge in [-0.3, -0.25) is 15.2 Å². The summed E-state index contributed by atoms with van der Waals surface area (Å²) in [5.41, 5.74) is 0. The fourth-order valence-electron chi connectivity index (χ4n) is 7.94. The van der Waals surface area contributed by atoms with Gasteiger partial charge >= 0.3 is 5.96 Å². The zero-order valence-corrected chi connectivity index (χ0v) is 31.7. The second kappa shape index (κ2) is 14.2. The maximum atomic E-state index is 7.34. The summed E-state index contributed by atoms with van der Waals surface area (Å²) in [6.07, 6.45) is 2.10. The van der Waals surface area contributed by atoms with Crippen molar-refractivity contribution in [1.29, 1.82) is 0 Å². The number of nitrogens with one attached hydrogen (secondary N) is 2. The molecule has 2 N–H and O–H groups in total. The highest BCUT2D eigenvalue weighted by Gasteiger charge is 2.52. The van der Waals surface area contributed by atoms with E-state index >= 15 is 0 Å². The highest BCUT2D eigenvalue weighted by atomic mass is 28.4. The number of benzene rings is 4. The van der Waals surface area contributed by atoms with Crippen molar-refractivity contribution in [2.75, 3.05) is 26.3 Å². The van der Waals surface area contributed by atoms with Crippen LogP contribution in [0.25, 0.3) is 0 Å². The summed E-state index contributed by atoms with van der Waals surface area (Å²) in [4.78, 5) is 0. The Kier molecular flexibility index (Phi) is 10.1. The van der Waals surface area contributed by atoms with E-state index in [1.54, 1.807) is 0 Å². The second-order valence-electron chi connectivity index (χ2n) is 15.5. The molecule has 48 heavy (non-hydrogen) atoms. The van der Waals surface area contributed by atoms with Gasteiger partial charge in [-0.2, -0.15) is 0 Å². The molecule has 0 saturated carbocycles. The van der Waals surface area contributed by atoms with Gasteiger partial charge < -0.3 is 8.85 Å². The first-order valence-corrected chi connectivity index (χ1v) is 21.5. The number of nitrogens with zero attached hydrogens (tertiary/aromatic N) is 1. The third-order valence-electron chi connectivity index (χ3n) is 10.3. The van der Waals surface area contributed by atoms with Gasteiger partial charge in [0.1, 0.15) is 0 Å². The third-order valence-corrected chi connectivity index (χ3v) is 20.3. The van der Waals surface area contributed by atoms with Gasteiger partial charge in [-0.25, -0.2) is 0 Å². The molecule has 2 atom stereocenters. The van der Waals surface area contributed by atoms with E-state index in [4.69, 9.17) is 8.85 Å². The van der Waals surface area contributed by atoms with E-state index in [0.29, 0.717) is 13.2 Å². The lowest BCUT2D eigenvalue weighted by atomic mass is 10.1. The maximum Gasteiger partial charge on any atom is 0.346 e. The van der Waals surface area contributed by atoms with E-state index < -0.39 is 16.6 Å². The lowest BCUT2D eigenvalue weighted by molar-refractivity contribution is -0.542. The smallest absolute Gasteiger partial charge is 0.346 e. The summed E-state index contributed by atoms with van der Waals surface area (Å²) in [5.74, 6) is 1.12. The van der Waals surface area contributed by atoms with Crippen molar-refractivity contribution < 1.29 is 13.4 Å². The predicted molar refractivity (Wildman–Crippen MR) is 205 cm³/mol. The van der Waals surface area contributed by atoms with Crippen LogP contribution in [0.4, 0.5) is 0 Å². The molecule has 0 spiro atoms. The minimum absolute atomic E-state index is 0.0456. The Morgan fingerprint density at radius 3 is 1.08 bits per heavy atom. The molecular weight excluding hydrogens is 623 g/mol. The maximum absolute atomic E-state index is 7.34. The topological polar surface area (TPSA) is 45.5 Å². The predicted octanol–water partition coefficient (Wildman–Crippen LogP) is 5.23. The molecule has 0 bridgehead atoms. The average Bonchev–Trinajstić information content (AvgIpc) is 3.09. The quantitative estimate of drug-likeness (QED) is 0.179. The monoisotopic (exact) mass is 676 g/mol. The highest BCUT2D eigenvalue weighted by Crippen LogP contribution is 2.38. The van der Waals surface area contributed by atoms with Crippen molar-refractivity contribution in [2.24, 2.45) is 0 Å². The molecule has 2 heterocycles. The molecule has 0 fully saturated rings. The minimum atomic E-state index is -2.61. The summed E-state index contributed by atoms with van der Waals surface area (Å²) in [6.45, 7) is 17.5. The van der Waals surface area contributed by atoms with Gasteiger partial charge in [0.25, 0.3) is 16.6 Å². The zero-order valence-electron chi connectivity index (χ0n) is 29.7. The SMILES string of the molecule is CC(C)(C)[Si](OC[C@@H]1CC[N+]2=C(N1)N[C@H](CO[Si](c1ccccc1)(c1ccccc1)C(C)(C)C)CC2)(c1ccccc1)c1ccccc1. The summed E-state index contributed by atoms with van der Waals surface area (Å²) in [7, 11) is -5.21. The minimum Gasteiger partial charge on any atom is -0.404 e. The molecule has 0 amide bonds. The van der Waals surface area contributed by atoms with Gasteiger partial charge in [0.15, 0.2) is 0 Å². The summed E-state index contributed by atoms with van der Waals surface area (Å²) < 4.78 is 17.1. The van der Waals surface area contributed by atoms with Gasteiger partial charge in [-0.1, -0.05) is 163 Å². The van der Waals surface area contributed by atoms with Crippen LogP contribution in [0.5, 0.6) is 0 Å². The van der Waals surface area contributed by atoms with Crippen LogP contribution in [-0.2, 0) is 8.85 Å². The number of guanidine groups is 1. The van der Waals surface area contributed by atoms with Crippen LogP contribution in [0.2, 0.25) is 10.1 Å². The number of hydrogen-bond acceptors (Lipinski definition) is 4. The third kappa shape index (κ3) is 6.70. The van der Waals surface area contributed by atoms with E-state index in [1.807, 2.05) is 0 Å². The molecule has 0 saturated heterocycles. The second-order valence-corrected chi connectivity index (χ2v) is 24.2. The zero-order chi connectivity index (χ0) is 33.8. The first-order chi connectivity index (χ1) is 23.0. The molecule has 6 rings (SSSR count). The molecule has 0 radical (unpaired) electrons. The average molecular weight is 677 g/mol. The first kappa shape index (κ1) is 34.4. The molecule has 7 heteroatoms. The van der Waals surface area contributed by atoms with Crippen molar-refractivity contribution in [1.82, 2.24) is 10.6 Å². The lowest BCUT2D eigenvalue weighted by Crippen LogP contribution is -2.69. The summed E-state index contributed by atoms with van der Waals surface area (Å²) >= 11 is 0. The Bertz CT molecular complexity index is 1450. The molecule has 4 aromatic carbocycles. The van der Waals surface area contributed by atoms with Crippen molar-refractivity contribution in [3.8, 4) is 0 Å². The van der Waals surface area contributed by atoms with E-state index in [0.717, 1.165) is 31.9 Å². The Morgan fingerprint density at radius 1 is 0.521 bits per heavy atom. The first-order valence-electron chi connectivity index (χ1n) is 17.7. The molecule has 252 valence electrons. The summed E-state index contributed by atoms with van der Waals surface area (Å²) in [6, 6.07) is 44.3. The number of rotatable bonds is 10. The Balaban J connectivity index is 1.20. The molecular formula is C41H54N3O2Si2+. The normalized spacial score (nSPS) is 18.9. The molecule has 0 aromatic heterocycles. The lowest BCUT2D eigenvalue weighted by Gasteiger charge is -2.44. The van der Waals surface area contributed by atoms with Crippen LogP contribution in [0, 0.1) is 0 Å². The van der Waals surface area contributed by atoms with Crippen LogP contribution in [0.15, 0.2) is 121 Å². The van der Waals surface area contributed by atoms with E-state index in [-0.39, 0.29) is 22.2 Å². The molecule has 5 nitrogen and oxygen atoms in total. The molecule has 2 aliphatic rings. The molecule has 0 unspecified atom stereocenters. The van der Waals surface area contributed by atoms with Gasteiger partial charge in [-0.15, -0.1) is 0 Å². The molecule has 0 aliphatic carbocycles. The van der Waals surface area contributed by atoms with Crippen LogP contribution >= 0.6 is 0 Å². The van der Waals surface area contributed by atoms with Crippen LogP contribution in [0.3, 0.4) is 0 Å². The van der Waals surface area contributed by atoms with Crippen molar-refractivity contribution in [3.05, 3.63) is 121 Å². The Hall–Kier alpha value is -3.50. The standard InChI is InChI=1S/C41H53N3O2Si2/c1-40(2,3)47(35-19-11-7-12-20-35,36-21-13-8-14-22-36)45-31-33-27-29-44-30-28-34(43-39(44)42-33)32-46-48(41(4,5)6,37-23-15-9-16-24-37)38-25-17-10-18-26-38/h7-26,33-34H,27-32H2,1-6H3,(H,42,43)/p+1/t33-,34-/m0/s1. The van der Waals surface area contributed by atoms with Gasteiger partial charge in [-0.05, 0) is 30.8 Å². The fraction of sp³-hybridized carbons (Fsp3) is 0.390. The van der Waals surface area contributed by atoms with Gasteiger partial charge in [0, 0.05) is 12.8 Å². The van der Waals surface area contributed by atoms with Crippen molar-refractivity contribution >= 4 is 43.3 Å². The van der Waals surface area contributed by atoms with Crippen molar-refractivity contribution in [2.45, 2.75) is 76.5 Å². The van der Waals surface area contributed by atoms with Crippen LogP contribution in [-0.4, -0.2) is 65.6 Å². The Labute approximate surface area is 290 Å². The van der Waals surface area contributed by atoms with Gasteiger partial charge in [0.2, 0.25) is 0 Å². The highest BCUT2D eigenvalue weighted by molar-refractivity contribution is 7.00. The molecule has 4 aromatic rings.